The normalized spacial score (nSPS) is 29.3. The fourth-order valence-corrected chi connectivity index (χ4v) is 4.43. The number of nitrogens with one attached hydrogen (secondary N) is 1. The van der Waals surface area contributed by atoms with Crippen LogP contribution in [-0.4, -0.2) is 61.5 Å². The average molecular weight is 307 g/mol. The zero-order valence-corrected chi connectivity index (χ0v) is 14.1. The van der Waals surface area contributed by atoms with Gasteiger partial charge in [0.25, 0.3) is 0 Å². The number of hydrogen-bond acceptors (Lipinski definition) is 3. The molecule has 3 aliphatic rings. The van der Waals surface area contributed by atoms with Crippen molar-refractivity contribution in [3.8, 4) is 0 Å². The molecular weight excluding hydrogens is 274 g/mol. The topological polar surface area (TPSA) is 35.6 Å². The quantitative estimate of drug-likeness (QED) is 0.867. The van der Waals surface area contributed by atoms with E-state index in [-0.39, 0.29) is 5.92 Å². The Kier molecular flexibility index (Phi) is 6.13. The van der Waals surface area contributed by atoms with Gasteiger partial charge in [-0.3, -0.25) is 4.79 Å². The van der Waals surface area contributed by atoms with Crippen LogP contribution in [0.1, 0.15) is 51.4 Å². The number of piperidine rings is 2. The Morgan fingerprint density at radius 1 is 0.909 bits per heavy atom. The summed E-state index contributed by atoms with van der Waals surface area (Å²) in [5, 5.41) is 3.36. The van der Waals surface area contributed by atoms with Crippen LogP contribution in [0, 0.1) is 11.8 Å². The summed E-state index contributed by atoms with van der Waals surface area (Å²) in [5.41, 5.74) is 0. The van der Waals surface area contributed by atoms with E-state index in [9.17, 15) is 4.79 Å². The molecule has 3 aliphatic heterocycles. The maximum absolute atomic E-state index is 12.7. The van der Waals surface area contributed by atoms with Crippen molar-refractivity contribution in [3.63, 3.8) is 0 Å². The van der Waals surface area contributed by atoms with Crippen LogP contribution in [0.3, 0.4) is 0 Å². The van der Waals surface area contributed by atoms with E-state index in [0.29, 0.717) is 11.8 Å². The molecule has 0 bridgehead atoms. The van der Waals surface area contributed by atoms with Gasteiger partial charge in [0.15, 0.2) is 0 Å². The summed E-state index contributed by atoms with van der Waals surface area (Å²) in [6.45, 7) is 7.81. The highest BCUT2D eigenvalue weighted by Gasteiger charge is 2.30. The molecule has 1 amide bonds. The van der Waals surface area contributed by atoms with E-state index in [1.165, 1.54) is 58.2 Å². The summed E-state index contributed by atoms with van der Waals surface area (Å²) >= 11 is 0. The van der Waals surface area contributed by atoms with Crippen molar-refractivity contribution >= 4 is 5.91 Å². The van der Waals surface area contributed by atoms with Crippen molar-refractivity contribution in [2.45, 2.75) is 51.4 Å². The van der Waals surface area contributed by atoms with Crippen LogP contribution in [0.5, 0.6) is 0 Å². The van der Waals surface area contributed by atoms with E-state index < -0.39 is 0 Å². The molecule has 0 radical (unpaired) electrons. The molecule has 3 heterocycles. The van der Waals surface area contributed by atoms with Crippen molar-refractivity contribution in [3.05, 3.63) is 0 Å². The molecule has 0 aromatic carbocycles. The zero-order chi connectivity index (χ0) is 15.2. The molecule has 4 heteroatoms. The van der Waals surface area contributed by atoms with Gasteiger partial charge in [-0.1, -0.05) is 12.8 Å². The van der Waals surface area contributed by atoms with Gasteiger partial charge in [0.1, 0.15) is 0 Å². The van der Waals surface area contributed by atoms with Crippen LogP contribution in [0.4, 0.5) is 0 Å². The smallest absolute Gasteiger partial charge is 0.225 e. The summed E-state index contributed by atoms with van der Waals surface area (Å²) in [4.78, 5) is 17.6. The molecule has 0 aromatic rings. The number of nitrogens with zero attached hydrogens (tertiary/aromatic N) is 2. The minimum Gasteiger partial charge on any atom is -0.342 e. The van der Waals surface area contributed by atoms with Crippen LogP contribution < -0.4 is 5.32 Å². The van der Waals surface area contributed by atoms with Crippen LogP contribution in [0.15, 0.2) is 0 Å². The number of carbonyl (C=O) groups is 1. The Morgan fingerprint density at radius 2 is 1.64 bits per heavy atom. The van der Waals surface area contributed by atoms with Gasteiger partial charge < -0.3 is 15.1 Å². The number of carbonyl (C=O) groups excluding carboxylic acids is 1. The third-order valence-electron chi connectivity index (χ3n) is 5.73. The van der Waals surface area contributed by atoms with E-state index in [4.69, 9.17) is 0 Å². The average Bonchev–Trinajstić information content (AvgIpc) is 2.84. The summed E-state index contributed by atoms with van der Waals surface area (Å²) in [6, 6.07) is 0. The van der Waals surface area contributed by atoms with Gasteiger partial charge in [0.2, 0.25) is 5.91 Å². The van der Waals surface area contributed by atoms with Gasteiger partial charge in [-0.25, -0.2) is 0 Å². The summed E-state index contributed by atoms with van der Waals surface area (Å²) < 4.78 is 0. The first-order valence-electron chi connectivity index (χ1n) is 9.55. The lowest BCUT2D eigenvalue weighted by atomic mass is 9.92. The van der Waals surface area contributed by atoms with Gasteiger partial charge in [0, 0.05) is 25.6 Å². The molecule has 4 nitrogen and oxygen atoms in total. The maximum Gasteiger partial charge on any atom is 0.225 e. The molecule has 3 rings (SSSR count). The molecule has 0 aliphatic carbocycles. The van der Waals surface area contributed by atoms with Crippen molar-refractivity contribution < 1.29 is 4.79 Å². The molecule has 3 saturated heterocycles. The second-order valence-electron chi connectivity index (χ2n) is 7.53. The lowest BCUT2D eigenvalue weighted by Gasteiger charge is -2.37. The Morgan fingerprint density at radius 3 is 2.36 bits per heavy atom. The fourth-order valence-electron chi connectivity index (χ4n) is 4.43. The van der Waals surface area contributed by atoms with Crippen LogP contribution in [0.2, 0.25) is 0 Å². The first kappa shape index (κ1) is 16.3. The number of amides is 1. The lowest BCUT2D eigenvalue weighted by Crippen LogP contribution is -2.47. The van der Waals surface area contributed by atoms with Gasteiger partial charge in [-0.2, -0.15) is 0 Å². The molecule has 1 atom stereocenters. The van der Waals surface area contributed by atoms with Crippen molar-refractivity contribution in [2.24, 2.45) is 11.8 Å². The Balaban J connectivity index is 1.48. The standard InChI is InChI=1S/C18H33N3O/c22-18(17-7-9-19-10-8-17)21-13-5-6-16(15-21)14-20-11-3-1-2-4-12-20/h16-17,19H,1-15H2. The van der Waals surface area contributed by atoms with Crippen molar-refractivity contribution in [2.75, 3.05) is 45.8 Å². The highest BCUT2D eigenvalue weighted by atomic mass is 16.2. The van der Waals surface area contributed by atoms with Gasteiger partial charge >= 0.3 is 0 Å². The maximum atomic E-state index is 12.7. The van der Waals surface area contributed by atoms with Crippen LogP contribution >= 0.6 is 0 Å². The number of hydrogen-bond donors (Lipinski definition) is 1. The second kappa shape index (κ2) is 8.30. The molecule has 3 fully saturated rings. The minimum atomic E-state index is 0.290. The third-order valence-corrected chi connectivity index (χ3v) is 5.73. The Bertz CT molecular complexity index is 346. The van der Waals surface area contributed by atoms with Gasteiger partial charge in [-0.05, 0) is 70.6 Å². The number of rotatable bonds is 3. The largest absolute Gasteiger partial charge is 0.342 e. The Hall–Kier alpha value is -0.610. The zero-order valence-electron chi connectivity index (χ0n) is 14.1. The SMILES string of the molecule is O=C(C1CCNCC1)N1CCCC(CN2CCCCCC2)C1. The summed E-state index contributed by atoms with van der Waals surface area (Å²) in [6.07, 6.45) is 10.1. The third kappa shape index (κ3) is 4.45. The van der Waals surface area contributed by atoms with Crippen LogP contribution in [0.25, 0.3) is 0 Å². The highest BCUT2D eigenvalue weighted by Crippen LogP contribution is 2.23. The summed E-state index contributed by atoms with van der Waals surface area (Å²) in [5.74, 6) is 1.44. The molecule has 1 N–H and O–H groups in total. The summed E-state index contributed by atoms with van der Waals surface area (Å²) in [7, 11) is 0. The first-order valence-corrected chi connectivity index (χ1v) is 9.55. The monoisotopic (exact) mass is 307 g/mol. The van der Waals surface area contributed by atoms with Crippen molar-refractivity contribution in [1.82, 2.24) is 15.1 Å². The van der Waals surface area contributed by atoms with E-state index in [1.807, 2.05) is 0 Å². The second-order valence-corrected chi connectivity index (χ2v) is 7.53. The molecular formula is C18H33N3O. The highest BCUT2D eigenvalue weighted by molar-refractivity contribution is 5.79. The number of likely N-dealkylation sites (tertiary alicyclic amines) is 2. The minimum absolute atomic E-state index is 0.290. The predicted octanol–water partition coefficient (Wildman–Crippen LogP) is 2.10. The molecule has 126 valence electrons. The molecule has 0 saturated carbocycles. The van der Waals surface area contributed by atoms with Crippen LogP contribution in [-0.2, 0) is 4.79 Å². The molecule has 1 unspecified atom stereocenters. The van der Waals surface area contributed by atoms with E-state index >= 15 is 0 Å². The molecule has 0 aromatic heterocycles. The van der Waals surface area contributed by atoms with Gasteiger partial charge in [0.05, 0.1) is 0 Å². The van der Waals surface area contributed by atoms with Crippen molar-refractivity contribution in [1.29, 1.82) is 0 Å². The Labute approximate surface area is 135 Å². The predicted molar refractivity (Wildman–Crippen MR) is 89.8 cm³/mol. The fraction of sp³-hybridized carbons (Fsp3) is 0.944. The molecule has 22 heavy (non-hydrogen) atoms. The van der Waals surface area contributed by atoms with E-state index in [2.05, 4.69) is 15.1 Å². The van der Waals surface area contributed by atoms with Gasteiger partial charge in [-0.15, -0.1) is 0 Å². The van der Waals surface area contributed by atoms with E-state index in [0.717, 1.165) is 39.0 Å². The molecule has 0 spiro atoms. The van der Waals surface area contributed by atoms with E-state index in [1.54, 1.807) is 0 Å². The first-order chi connectivity index (χ1) is 10.8. The lowest BCUT2D eigenvalue weighted by molar-refractivity contribution is -0.138.